The number of allylic oxidation sites excluding steroid dienone is 1. The van der Waals surface area contributed by atoms with Crippen molar-refractivity contribution in [1.82, 2.24) is 9.62 Å². The Morgan fingerprint density at radius 2 is 1.92 bits per heavy atom. The van der Waals surface area contributed by atoms with Crippen LogP contribution in [-0.2, 0) is 37.0 Å². The lowest BCUT2D eigenvalue weighted by molar-refractivity contribution is -0.148. The molecule has 270 valence electrons. The van der Waals surface area contributed by atoms with Crippen molar-refractivity contribution in [3.63, 3.8) is 0 Å². The van der Waals surface area contributed by atoms with E-state index in [-0.39, 0.29) is 18.4 Å². The molecule has 0 radical (unpaired) electrons. The van der Waals surface area contributed by atoms with Crippen LogP contribution in [0.5, 0.6) is 11.5 Å². The van der Waals surface area contributed by atoms with Crippen LogP contribution in [0.25, 0.3) is 0 Å². The summed E-state index contributed by atoms with van der Waals surface area (Å²) >= 11 is 6.58. The fourth-order valence-electron chi connectivity index (χ4n) is 8.12. The number of methoxy groups -OCH3 is 1. The minimum Gasteiger partial charge on any atom is -0.495 e. The molecule has 13 heteroatoms. The van der Waals surface area contributed by atoms with E-state index in [0.717, 1.165) is 49.7 Å². The normalized spacial score (nSPS) is 29.8. The SMILES string of the molecule is COc1cc2c(cc1Cl)CCC[C@]21COc2ccc3cc2N(C[C@@H]2CC[C@@H]2C/C=C/CCN(C)C(=O)C[C@]3(O)C(=O)NS(=O)(=O)C2(F)CC2)C1. The average Bonchev–Trinajstić information content (AvgIpc) is 3.86. The predicted molar refractivity (Wildman–Crippen MR) is 188 cm³/mol. The van der Waals surface area contributed by atoms with Crippen LogP contribution in [-0.4, -0.2) is 75.6 Å². The number of carbonyl (C=O) groups excluding carboxylic acids is 2. The topological polar surface area (TPSA) is 125 Å². The first kappa shape index (κ1) is 35.1. The van der Waals surface area contributed by atoms with E-state index in [9.17, 15) is 27.5 Å². The van der Waals surface area contributed by atoms with E-state index >= 15 is 0 Å². The third kappa shape index (κ3) is 6.25. The Labute approximate surface area is 298 Å². The van der Waals surface area contributed by atoms with Gasteiger partial charge in [0, 0.05) is 44.9 Å². The van der Waals surface area contributed by atoms with Gasteiger partial charge in [-0.15, -0.1) is 0 Å². The van der Waals surface area contributed by atoms with Crippen LogP contribution < -0.4 is 19.1 Å². The number of amides is 2. The number of halogens is 2. The van der Waals surface area contributed by atoms with Gasteiger partial charge >= 0.3 is 0 Å². The summed E-state index contributed by atoms with van der Waals surface area (Å²) in [7, 11) is -1.58. The highest BCUT2D eigenvalue weighted by atomic mass is 35.5. The Bertz CT molecular complexity index is 1830. The molecule has 4 atom stereocenters. The second-order valence-corrected chi connectivity index (χ2v) is 17.2. The molecule has 2 bridgehead atoms. The molecular formula is C37H45ClFN3O7S. The summed E-state index contributed by atoms with van der Waals surface area (Å²) in [5.41, 5.74) is -0.122. The second-order valence-electron chi connectivity index (χ2n) is 14.9. The Morgan fingerprint density at radius 1 is 1.14 bits per heavy atom. The molecule has 5 aliphatic rings. The van der Waals surface area contributed by atoms with E-state index < -0.39 is 44.3 Å². The van der Waals surface area contributed by atoms with Gasteiger partial charge < -0.3 is 24.4 Å². The third-order valence-corrected chi connectivity index (χ3v) is 13.8. The number of aliphatic hydroxyl groups is 1. The van der Waals surface area contributed by atoms with Crippen molar-refractivity contribution in [3.05, 3.63) is 64.2 Å². The summed E-state index contributed by atoms with van der Waals surface area (Å²) in [6.45, 7) is 1.99. The van der Waals surface area contributed by atoms with Gasteiger partial charge in [-0.2, -0.15) is 0 Å². The number of aryl methyl sites for hydroxylation is 1. The standard InChI is InChI=1S/C37H45ClFN3O7S/c1-41-16-5-3-4-7-24-9-10-26(24)21-42-22-35(13-6-8-25-17-29(38)32(48-2)19-28(25)35)23-49-31-12-11-27(18-30(31)42)37(45,20-33(41)43)34(44)40-50(46,47)36(39)14-15-36/h3-4,11-12,17-19,24,26,45H,5-10,13-16,20-23H2,1-2H3,(H,40,44)/b4-3+/t24-,26-,35-,37+/m0/s1. The molecule has 7 rings (SSSR count). The molecule has 2 heterocycles. The van der Waals surface area contributed by atoms with E-state index in [1.165, 1.54) is 11.0 Å². The third-order valence-electron chi connectivity index (χ3n) is 11.7. The number of sulfonamides is 1. The summed E-state index contributed by atoms with van der Waals surface area (Å²) in [4.78, 5) is 31.1. The van der Waals surface area contributed by atoms with Gasteiger partial charge in [-0.3, -0.25) is 9.59 Å². The summed E-state index contributed by atoms with van der Waals surface area (Å²) in [5, 5.41) is 10.2. The zero-order chi connectivity index (χ0) is 35.5. The highest BCUT2D eigenvalue weighted by Gasteiger charge is 2.58. The van der Waals surface area contributed by atoms with E-state index in [2.05, 4.69) is 17.1 Å². The van der Waals surface area contributed by atoms with Crippen LogP contribution in [0.3, 0.4) is 0 Å². The lowest BCUT2D eigenvalue weighted by Crippen LogP contribution is -2.51. The molecule has 0 unspecified atom stereocenters. The van der Waals surface area contributed by atoms with Crippen molar-refractivity contribution in [1.29, 1.82) is 0 Å². The Morgan fingerprint density at radius 3 is 2.64 bits per heavy atom. The molecule has 1 spiro atoms. The average molecular weight is 730 g/mol. The Balaban J connectivity index is 1.33. The molecule has 10 nitrogen and oxygen atoms in total. The summed E-state index contributed by atoms with van der Waals surface area (Å²) in [5.74, 6) is 0.0796. The van der Waals surface area contributed by atoms with Crippen molar-refractivity contribution in [2.75, 3.05) is 45.3 Å². The van der Waals surface area contributed by atoms with E-state index in [4.69, 9.17) is 21.1 Å². The zero-order valence-electron chi connectivity index (χ0n) is 28.6. The number of nitrogens with one attached hydrogen (secondary N) is 1. The molecular weight excluding hydrogens is 685 g/mol. The highest BCUT2D eigenvalue weighted by Crippen LogP contribution is 2.49. The minimum absolute atomic E-state index is 0.0219. The molecule has 3 aliphatic carbocycles. The fourth-order valence-corrected chi connectivity index (χ4v) is 9.62. The number of alkyl halides is 1. The highest BCUT2D eigenvalue weighted by molar-refractivity contribution is 7.91. The lowest BCUT2D eigenvalue weighted by atomic mass is 9.69. The monoisotopic (exact) mass is 729 g/mol. The Hall–Kier alpha value is -3.35. The van der Waals surface area contributed by atoms with Crippen LogP contribution in [0, 0.1) is 11.8 Å². The molecule has 2 amide bonds. The van der Waals surface area contributed by atoms with Crippen LogP contribution in [0.1, 0.15) is 74.5 Å². The predicted octanol–water partition coefficient (Wildman–Crippen LogP) is 5.14. The maximum absolute atomic E-state index is 14.8. The van der Waals surface area contributed by atoms with Gasteiger partial charge in [0.25, 0.3) is 15.9 Å². The largest absolute Gasteiger partial charge is 0.495 e. The van der Waals surface area contributed by atoms with Gasteiger partial charge in [-0.25, -0.2) is 17.5 Å². The molecule has 2 aromatic carbocycles. The summed E-state index contributed by atoms with van der Waals surface area (Å²) in [6, 6.07) is 8.82. The van der Waals surface area contributed by atoms with Crippen molar-refractivity contribution in [2.24, 2.45) is 11.8 Å². The summed E-state index contributed by atoms with van der Waals surface area (Å²) < 4.78 is 54.6. The van der Waals surface area contributed by atoms with Crippen molar-refractivity contribution in [3.8, 4) is 11.5 Å². The van der Waals surface area contributed by atoms with Crippen LogP contribution in [0.2, 0.25) is 5.02 Å². The number of anilines is 1. The van der Waals surface area contributed by atoms with E-state index in [1.807, 2.05) is 12.1 Å². The molecule has 0 aromatic heterocycles. The van der Waals surface area contributed by atoms with Crippen molar-refractivity contribution < 1.29 is 37.0 Å². The first-order valence-corrected chi connectivity index (χ1v) is 19.4. The van der Waals surface area contributed by atoms with Gasteiger partial charge in [0.2, 0.25) is 10.9 Å². The molecule has 2 N–H and O–H groups in total. The van der Waals surface area contributed by atoms with E-state index in [1.54, 1.807) is 31.0 Å². The number of ether oxygens (including phenoxy) is 2. The molecule has 2 fully saturated rings. The van der Waals surface area contributed by atoms with Gasteiger partial charge in [0.15, 0.2) is 5.60 Å². The maximum atomic E-state index is 14.8. The van der Waals surface area contributed by atoms with Crippen molar-refractivity contribution in [2.45, 2.75) is 80.2 Å². The number of rotatable bonds is 4. The van der Waals surface area contributed by atoms with Crippen molar-refractivity contribution >= 4 is 39.1 Å². The second kappa shape index (κ2) is 13.0. The lowest BCUT2D eigenvalue weighted by Gasteiger charge is -2.44. The molecule has 2 aromatic rings. The molecule has 2 saturated carbocycles. The first-order chi connectivity index (χ1) is 23.8. The Kier molecular flexibility index (Phi) is 9.12. The van der Waals surface area contributed by atoms with Gasteiger partial charge in [-0.05, 0) is 97.7 Å². The zero-order valence-corrected chi connectivity index (χ0v) is 30.1. The summed E-state index contributed by atoms with van der Waals surface area (Å²) in [6.07, 6.45) is 9.35. The smallest absolute Gasteiger partial charge is 0.270 e. The van der Waals surface area contributed by atoms with Crippen LogP contribution in [0.4, 0.5) is 10.1 Å². The maximum Gasteiger partial charge on any atom is 0.270 e. The van der Waals surface area contributed by atoms with Gasteiger partial charge in [0.05, 0.1) is 30.8 Å². The fraction of sp³-hybridized carbons (Fsp3) is 0.568. The van der Waals surface area contributed by atoms with Gasteiger partial charge in [0.1, 0.15) is 11.5 Å². The first-order valence-electron chi connectivity index (χ1n) is 17.5. The number of carbonyl (C=O) groups is 2. The van der Waals surface area contributed by atoms with Crippen LogP contribution >= 0.6 is 11.6 Å². The number of hydrogen-bond donors (Lipinski definition) is 2. The number of benzene rings is 2. The van der Waals surface area contributed by atoms with E-state index in [0.29, 0.717) is 66.7 Å². The number of nitrogens with zero attached hydrogens (tertiary/aromatic N) is 2. The minimum atomic E-state index is -4.76. The molecule has 50 heavy (non-hydrogen) atoms. The quantitative estimate of drug-likeness (QED) is 0.415. The van der Waals surface area contributed by atoms with Crippen LogP contribution in [0.15, 0.2) is 42.5 Å². The molecule has 0 saturated heterocycles. The number of hydrogen-bond acceptors (Lipinski definition) is 8. The van der Waals surface area contributed by atoms with Gasteiger partial charge in [-0.1, -0.05) is 29.8 Å². The number of fused-ring (bicyclic) bond motifs is 4. The molecule has 2 aliphatic heterocycles.